The molecule has 2 heterocycles. The molecule has 8 amide bonds. The second-order valence-corrected chi connectivity index (χ2v) is 18.4. The predicted octanol–water partition coefficient (Wildman–Crippen LogP) is 1.44. The maximum Gasteiger partial charge on any atom is 0.408 e. The van der Waals surface area contributed by atoms with Crippen LogP contribution in [0.4, 0.5) is 4.79 Å². The predicted molar refractivity (Wildman–Crippen MR) is 246 cm³/mol. The molecule has 65 heavy (non-hydrogen) atoms. The number of primary amides is 1. The number of likely N-dealkylation sites (tertiary alicyclic amines) is 1. The van der Waals surface area contributed by atoms with Gasteiger partial charge in [0.05, 0.1) is 0 Å². The van der Waals surface area contributed by atoms with E-state index in [2.05, 4.69) is 37.0 Å². The highest BCUT2D eigenvalue weighted by molar-refractivity contribution is 7.98. The van der Waals surface area contributed by atoms with Gasteiger partial charge in [-0.05, 0) is 81.6 Å². The molecule has 0 spiro atoms. The lowest BCUT2D eigenvalue weighted by Gasteiger charge is -2.30. The minimum Gasteiger partial charge on any atom is -0.444 e. The van der Waals surface area contributed by atoms with Gasteiger partial charge in [-0.15, -0.1) is 0 Å². The molecule has 3 aromatic rings. The Labute approximate surface area is 383 Å². The Balaban J connectivity index is 1.61. The summed E-state index contributed by atoms with van der Waals surface area (Å²) in [6.45, 7) is 8.88. The van der Waals surface area contributed by atoms with E-state index in [0.29, 0.717) is 23.3 Å². The zero-order valence-corrected chi connectivity index (χ0v) is 38.7. The number of nitrogens with two attached hydrogens (primary N) is 2. The molecule has 0 unspecified atom stereocenters. The number of aromatic nitrogens is 1. The van der Waals surface area contributed by atoms with Crippen LogP contribution in [0.5, 0.6) is 0 Å². The lowest BCUT2D eigenvalue weighted by molar-refractivity contribution is -0.141. The van der Waals surface area contributed by atoms with Crippen LogP contribution in [0.3, 0.4) is 0 Å². The zero-order chi connectivity index (χ0) is 47.8. The van der Waals surface area contributed by atoms with Crippen molar-refractivity contribution in [1.29, 1.82) is 0 Å². The number of carbonyl (C=O) groups is 8. The number of nitrogens with one attached hydrogen (secondary N) is 7. The molecule has 6 atom stereocenters. The van der Waals surface area contributed by atoms with E-state index in [1.807, 2.05) is 44.4 Å². The van der Waals surface area contributed by atoms with Crippen molar-refractivity contribution in [1.82, 2.24) is 41.9 Å². The fourth-order valence-electron chi connectivity index (χ4n) is 7.45. The number of ether oxygens (including phenoxy) is 1. The molecule has 1 aromatic heterocycles. The van der Waals surface area contributed by atoms with E-state index in [0.717, 1.165) is 10.9 Å². The van der Waals surface area contributed by atoms with Crippen molar-refractivity contribution in [2.45, 2.75) is 121 Å². The second-order valence-electron chi connectivity index (χ2n) is 17.5. The van der Waals surface area contributed by atoms with Crippen LogP contribution in [0.1, 0.15) is 77.8 Å². The summed E-state index contributed by atoms with van der Waals surface area (Å²) in [7, 11) is 0. The van der Waals surface area contributed by atoms with Gasteiger partial charge in [0.15, 0.2) is 0 Å². The number of fused-ring (bicyclic) bond motifs is 1. The number of nitrogens with zero attached hydrogens (tertiary/aromatic N) is 1. The van der Waals surface area contributed by atoms with Crippen molar-refractivity contribution >= 4 is 70.1 Å². The van der Waals surface area contributed by atoms with Crippen LogP contribution in [0.25, 0.3) is 10.9 Å². The van der Waals surface area contributed by atoms with Gasteiger partial charge in [0.25, 0.3) is 5.91 Å². The summed E-state index contributed by atoms with van der Waals surface area (Å²) in [6, 6.07) is 9.42. The highest BCUT2D eigenvalue weighted by Crippen LogP contribution is 2.22. The monoisotopic (exact) mass is 920 g/mol. The summed E-state index contributed by atoms with van der Waals surface area (Å²) in [5.41, 5.74) is 8.71. The quantitative estimate of drug-likeness (QED) is 0.0373. The van der Waals surface area contributed by atoms with Crippen LogP contribution in [0, 0.1) is 5.92 Å². The summed E-state index contributed by atoms with van der Waals surface area (Å²) < 4.78 is 5.36. The number of carbonyl (C=O) groups excluding carboxylic acids is 8. The molecule has 1 aliphatic heterocycles. The molecule has 0 aliphatic carbocycles. The van der Waals surface area contributed by atoms with Crippen molar-refractivity contribution in [2.24, 2.45) is 17.5 Å². The number of amides is 8. The summed E-state index contributed by atoms with van der Waals surface area (Å²) in [5.74, 6) is 1.40. The van der Waals surface area contributed by atoms with E-state index in [4.69, 9.17) is 16.3 Å². The van der Waals surface area contributed by atoms with Crippen LogP contribution >= 0.6 is 11.8 Å². The first-order chi connectivity index (χ1) is 30.8. The van der Waals surface area contributed by atoms with E-state index >= 15 is 0 Å². The number of H-pyrrole nitrogens is 1. The highest BCUT2D eigenvalue weighted by atomic mass is 32.2. The Hall–Kier alpha value is -6.15. The molecule has 2 aromatic carbocycles. The standard InChI is InChI=1S/C45H64N10O9S/c1-26(2)22-36(42(61)49-32(19-21-65-6)41(60)54-47)55-20-18-33(43(55)62)50-39(58)34(23-27-12-8-7-9-13-27)51-40(59)35(24-28-25-48-30-15-11-10-14-29(28)30)52-38(57)31(16-17-37(46)56)53-44(63)64-45(3,4)5/h7-15,25-26,31-36,48H,16-24,47H2,1-6H3,(H2,46,56)(H,49,61)(H,50,58)(H,51,59)(H,52,57)(H,53,63)(H,54,60)/t31-,32-,33+,34-,35-,36-/m0/s1. The Morgan fingerprint density at radius 2 is 1.43 bits per heavy atom. The topological polar surface area (TPSA) is 289 Å². The molecule has 0 saturated carbocycles. The third-order valence-electron chi connectivity index (χ3n) is 10.7. The van der Waals surface area contributed by atoms with Gasteiger partial charge in [-0.1, -0.05) is 62.4 Å². The van der Waals surface area contributed by atoms with Crippen molar-refractivity contribution in [3.63, 3.8) is 0 Å². The Bertz CT molecular complexity index is 2140. The smallest absolute Gasteiger partial charge is 0.408 e. The number of thioether (sulfide) groups is 1. The third kappa shape index (κ3) is 15.8. The minimum atomic E-state index is -1.34. The van der Waals surface area contributed by atoms with E-state index in [1.54, 1.807) is 57.3 Å². The lowest BCUT2D eigenvalue weighted by Crippen LogP contribution is -2.59. The molecule has 1 aliphatic rings. The number of hydrogen-bond acceptors (Lipinski definition) is 11. The average molecular weight is 921 g/mol. The fraction of sp³-hybridized carbons (Fsp3) is 0.511. The van der Waals surface area contributed by atoms with Crippen LogP contribution in [0.15, 0.2) is 60.8 Å². The Kier molecular flexibility index (Phi) is 19.2. The number of aromatic amines is 1. The van der Waals surface area contributed by atoms with Crippen LogP contribution < -0.4 is 43.6 Å². The molecule has 354 valence electrons. The number of hydrogen-bond donors (Lipinski definition) is 9. The molecule has 1 saturated heterocycles. The maximum atomic E-state index is 14.5. The minimum absolute atomic E-state index is 0.00273. The van der Waals surface area contributed by atoms with Gasteiger partial charge in [0.1, 0.15) is 41.9 Å². The maximum absolute atomic E-state index is 14.5. The second kappa shape index (κ2) is 24.2. The van der Waals surface area contributed by atoms with Crippen molar-refractivity contribution in [2.75, 3.05) is 18.6 Å². The summed E-state index contributed by atoms with van der Waals surface area (Å²) >= 11 is 1.50. The van der Waals surface area contributed by atoms with Gasteiger partial charge in [-0.2, -0.15) is 11.8 Å². The van der Waals surface area contributed by atoms with Gasteiger partial charge in [-0.3, -0.25) is 39.0 Å². The Morgan fingerprint density at radius 3 is 2.06 bits per heavy atom. The molecule has 11 N–H and O–H groups in total. The Morgan fingerprint density at radius 1 is 0.815 bits per heavy atom. The molecule has 19 nitrogen and oxygen atoms in total. The number of rotatable bonds is 23. The molecule has 0 bridgehead atoms. The summed E-state index contributed by atoms with van der Waals surface area (Å²) in [5, 5.41) is 14.4. The number of hydrazine groups is 1. The van der Waals surface area contributed by atoms with Crippen LogP contribution in [-0.2, 0) is 51.1 Å². The van der Waals surface area contributed by atoms with Crippen LogP contribution in [0.2, 0.25) is 0 Å². The van der Waals surface area contributed by atoms with E-state index in [1.165, 1.54) is 16.7 Å². The largest absolute Gasteiger partial charge is 0.444 e. The molecular weight excluding hydrogens is 857 g/mol. The van der Waals surface area contributed by atoms with Crippen molar-refractivity contribution in [3.8, 4) is 0 Å². The van der Waals surface area contributed by atoms with Gasteiger partial charge in [0, 0.05) is 42.9 Å². The van der Waals surface area contributed by atoms with Gasteiger partial charge < -0.3 is 46.9 Å². The molecule has 0 radical (unpaired) electrons. The normalized spacial score (nSPS) is 16.2. The SMILES string of the molecule is CSCC[C@H](NC(=O)[C@H](CC(C)C)N1CC[C@@H](NC(=O)[C@H](Cc2ccccc2)NC(=O)[C@H](Cc2c[nH]c3ccccc23)NC(=O)[C@H](CCC(N)=O)NC(=O)OC(C)(C)C)C1=O)C(=O)NN. The van der Waals surface area contributed by atoms with Crippen LogP contribution in [-0.4, -0.2) is 118 Å². The third-order valence-corrected chi connectivity index (χ3v) is 11.3. The molecule has 4 rings (SSSR count). The van der Waals surface area contributed by atoms with Gasteiger partial charge in [-0.25, -0.2) is 10.6 Å². The van der Waals surface area contributed by atoms with E-state index in [-0.39, 0.29) is 51.0 Å². The highest BCUT2D eigenvalue weighted by Gasteiger charge is 2.42. The molecule has 20 heteroatoms. The summed E-state index contributed by atoms with van der Waals surface area (Å²) in [6.07, 6.45) is 2.88. The molecule has 1 fully saturated rings. The summed E-state index contributed by atoms with van der Waals surface area (Å²) in [4.78, 5) is 112. The number of benzene rings is 2. The number of para-hydroxylation sites is 1. The first-order valence-corrected chi connectivity index (χ1v) is 23.1. The van der Waals surface area contributed by atoms with Gasteiger partial charge in [0.2, 0.25) is 35.4 Å². The first-order valence-electron chi connectivity index (χ1n) is 21.7. The van der Waals surface area contributed by atoms with Crippen molar-refractivity contribution in [3.05, 3.63) is 71.9 Å². The first kappa shape index (κ1) is 51.5. The molecular formula is C45H64N10O9S. The average Bonchev–Trinajstić information content (AvgIpc) is 3.83. The van der Waals surface area contributed by atoms with E-state index in [9.17, 15) is 38.4 Å². The van der Waals surface area contributed by atoms with Gasteiger partial charge >= 0.3 is 6.09 Å². The zero-order valence-electron chi connectivity index (χ0n) is 37.9. The fourth-order valence-corrected chi connectivity index (χ4v) is 7.92. The lowest BCUT2D eigenvalue weighted by atomic mass is 10.0. The number of alkyl carbamates (subject to hydrolysis) is 1. The van der Waals surface area contributed by atoms with Crippen molar-refractivity contribution < 1.29 is 43.1 Å². The van der Waals surface area contributed by atoms with E-state index < -0.39 is 89.3 Å².